The van der Waals surface area contributed by atoms with E-state index >= 15 is 0 Å². The van der Waals surface area contributed by atoms with E-state index in [4.69, 9.17) is 9.84 Å². The SMILES string of the molecule is O=C(CNCCc1c[nH]c2ccccc12)N[C@@H]1O[C@H](CO)[C@H](O)[C@H](O)[C@H]1O. The van der Waals surface area contributed by atoms with Crippen LogP contribution >= 0.6 is 0 Å². The summed E-state index contributed by atoms with van der Waals surface area (Å²) in [5.74, 6) is -0.432. The third-order valence-corrected chi connectivity index (χ3v) is 4.73. The minimum absolute atomic E-state index is 0.00260. The van der Waals surface area contributed by atoms with E-state index in [2.05, 4.69) is 15.6 Å². The maximum atomic E-state index is 12.0. The van der Waals surface area contributed by atoms with Crippen LogP contribution in [0.4, 0.5) is 0 Å². The Bertz CT molecular complexity index is 764. The molecule has 1 amide bonds. The summed E-state index contributed by atoms with van der Waals surface area (Å²) in [7, 11) is 0. The van der Waals surface area contributed by atoms with Gasteiger partial charge < -0.3 is 40.8 Å². The van der Waals surface area contributed by atoms with Crippen LogP contribution < -0.4 is 10.6 Å². The molecule has 0 spiro atoms. The van der Waals surface area contributed by atoms with Crippen molar-refractivity contribution in [2.75, 3.05) is 19.7 Å². The van der Waals surface area contributed by atoms with Gasteiger partial charge in [0.2, 0.25) is 5.91 Å². The molecule has 9 nitrogen and oxygen atoms in total. The number of hydrogen-bond acceptors (Lipinski definition) is 7. The minimum atomic E-state index is -1.52. The number of fused-ring (bicyclic) bond motifs is 1. The van der Waals surface area contributed by atoms with Crippen LogP contribution in [-0.2, 0) is 16.0 Å². The zero-order valence-corrected chi connectivity index (χ0v) is 14.7. The minimum Gasteiger partial charge on any atom is -0.394 e. The van der Waals surface area contributed by atoms with E-state index in [1.165, 1.54) is 0 Å². The van der Waals surface area contributed by atoms with Gasteiger partial charge in [-0.2, -0.15) is 0 Å². The van der Waals surface area contributed by atoms with E-state index in [-0.39, 0.29) is 6.54 Å². The molecule has 5 atom stereocenters. The van der Waals surface area contributed by atoms with Crippen molar-refractivity contribution in [3.05, 3.63) is 36.0 Å². The molecule has 1 aliphatic heterocycles. The number of aromatic nitrogens is 1. The first kappa shape index (κ1) is 19.7. The quantitative estimate of drug-likeness (QED) is 0.281. The Balaban J connectivity index is 1.44. The zero-order valence-electron chi connectivity index (χ0n) is 14.7. The molecule has 27 heavy (non-hydrogen) atoms. The van der Waals surface area contributed by atoms with Gasteiger partial charge in [-0.25, -0.2) is 0 Å². The fourth-order valence-corrected chi connectivity index (χ4v) is 3.19. The lowest BCUT2D eigenvalue weighted by Crippen LogP contribution is -2.63. The number of amides is 1. The first-order valence-corrected chi connectivity index (χ1v) is 8.87. The average molecular weight is 379 g/mol. The smallest absolute Gasteiger partial charge is 0.236 e. The molecule has 1 aliphatic rings. The number of aromatic amines is 1. The van der Waals surface area contributed by atoms with E-state index in [0.717, 1.165) is 22.9 Å². The molecule has 1 aromatic heterocycles. The van der Waals surface area contributed by atoms with Crippen molar-refractivity contribution in [2.24, 2.45) is 0 Å². The average Bonchev–Trinajstić information content (AvgIpc) is 3.09. The molecular weight excluding hydrogens is 354 g/mol. The maximum Gasteiger partial charge on any atom is 0.236 e. The Labute approximate surface area is 156 Å². The standard InChI is InChI=1S/C18H25N3O6/c22-9-13-15(24)16(25)17(26)18(27-13)21-14(23)8-19-6-5-10-7-20-12-4-2-1-3-11(10)12/h1-4,7,13,15-20,22,24-26H,5-6,8-9H2,(H,21,23)/t13-,15+,16+,17-,18-/m1/s1. The highest BCUT2D eigenvalue weighted by molar-refractivity contribution is 5.83. The molecule has 2 heterocycles. The summed E-state index contributed by atoms with van der Waals surface area (Å²) < 4.78 is 5.24. The second kappa shape index (κ2) is 8.79. The Morgan fingerprint density at radius 3 is 2.70 bits per heavy atom. The molecule has 0 aliphatic carbocycles. The van der Waals surface area contributed by atoms with E-state index in [1.807, 2.05) is 30.5 Å². The lowest BCUT2D eigenvalue weighted by Gasteiger charge is -2.40. The summed E-state index contributed by atoms with van der Waals surface area (Å²) in [6.45, 7) is 0.0293. The van der Waals surface area contributed by atoms with Crippen LogP contribution in [0.2, 0.25) is 0 Å². The monoisotopic (exact) mass is 379 g/mol. The molecule has 1 aromatic carbocycles. The highest BCUT2D eigenvalue weighted by Gasteiger charge is 2.43. The van der Waals surface area contributed by atoms with Gasteiger partial charge in [-0.3, -0.25) is 4.79 Å². The van der Waals surface area contributed by atoms with E-state index in [9.17, 15) is 20.1 Å². The van der Waals surface area contributed by atoms with Crippen molar-refractivity contribution in [3.8, 4) is 0 Å². The molecule has 2 aromatic rings. The van der Waals surface area contributed by atoms with Gasteiger partial charge in [0.15, 0.2) is 6.23 Å². The zero-order chi connectivity index (χ0) is 19.4. The molecule has 148 valence electrons. The molecule has 3 rings (SSSR count). The number of rotatable bonds is 7. The summed E-state index contributed by atoms with van der Waals surface area (Å²) in [5, 5.41) is 45.1. The van der Waals surface area contributed by atoms with Gasteiger partial charge in [-0.15, -0.1) is 0 Å². The third-order valence-electron chi connectivity index (χ3n) is 4.73. The van der Waals surface area contributed by atoms with Gasteiger partial charge in [-0.1, -0.05) is 18.2 Å². The highest BCUT2D eigenvalue weighted by Crippen LogP contribution is 2.20. The van der Waals surface area contributed by atoms with Crippen molar-refractivity contribution in [1.82, 2.24) is 15.6 Å². The fraction of sp³-hybridized carbons (Fsp3) is 0.500. The summed E-state index contributed by atoms with van der Waals surface area (Å²) >= 11 is 0. The first-order chi connectivity index (χ1) is 13.0. The third kappa shape index (κ3) is 4.46. The molecule has 0 unspecified atom stereocenters. The van der Waals surface area contributed by atoms with Crippen molar-refractivity contribution < 1.29 is 30.0 Å². The Morgan fingerprint density at radius 1 is 1.15 bits per heavy atom. The van der Waals surface area contributed by atoms with Crippen molar-refractivity contribution in [3.63, 3.8) is 0 Å². The van der Waals surface area contributed by atoms with Gasteiger partial charge >= 0.3 is 0 Å². The lowest BCUT2D eigenvalue weighted by atomic mass is 9.98. The number of aliphatic hydroxyl groups excluding tert-OH is 4. The van der Waals surface area contributed by atoms with Gasteiger partial charge in [-0.05, 0) is 24.6 Å². The van der Waals surface area contributed by atoms with Crippen LogP contribution in [0, 0.1) is 0 Å². The molecule has 1 saturated heterocycles. The van der Waals surface area contributed by atoms with Crippen LogP contribution in [0.1, 0.15) is 5.56 Å². The van der Waals surface area contributed by atoms with Crippen LogP contribution in [-0.4, -0.2) is 81.7 Å². The predicted molar refractivity (Wildman–Crippen MR) is 96.8 cm³/mol. The van der Waals surface area contributed by atoms with Gasteiger partial charge in [0.25, 0.3) is 0 Å². The summed E-state index contributed by atoms with van der Waals surface area (Å²) in [6.07, 6.45) is -4.04. The number of ether oxygens (including phenoxy) is 1. The molecular formula is C18H25N3O6. The normalized spacial score (nSPS) is 28.4. The van der Waals surface area contributed by atoms with Gasteiger partial charge in [0, 0.05) is 17.1 Å². The number of nitrogens with one attached hydrogen (secondary N) is 3. The number of carbonyl (C=O) groups is 1. The molecule has 0 saturated carbocycles. The number of aliphatic hydroxyl groups is 4. The van der Waals surface area contributed by atoms with Gasteiger partial charge in [0.1, 0.15) is 24.4 Å². The Hall–Kier alpha value is -2.01. The summed E-state index contributed by atoms with van der Waals surface area (Å²) in [6, 6.07) is 7.97. The Morgan fingerprint density at radius 2 is 1.93 bits per heavy atom. The van der Waals surface area contributed by atoms with Crippen LogP contribution in [0.25, 0.3) is 10.9 Å². The van der Waals surface area contributed by atoms with Crippen molar-refractivity contribution in [2.45, 2.75) is 37.1 Å². The van der Waals surface area contributed by atoms with Crippen LogP contribution in [0.15, 0.2) is 30.5 Å². The highest BCUT2D eigenvalue weighted by atomic mass is 16.6. The molecule has 0 bridgehead atoms. The lowest BCUT2D eigenvalue weighted by molar-refractivity contribution is -0.235. The topological polar surface area (TPSA) is 147 Å². The number of hydrogen-bond donors (Lipinski definition) is 7. The second-order valence-corrected chi connectivity index (χ2v) is 6.60. The first-order valence-electron chi connectivity index (χ1n) is 8.87. The van der Waals surface area contributed by atoms with Crippen molar-refractivity contribution >= 4 is 16.8 Å². The number of benzene rings is 1. The van der Waals surface area contributed by atoms with E-state index < -0.39 is 43.2 Å². The summed E-state index contributed by atoms with van der Waals surface area (Å²) in [5.41, 5.74) is 2.21. The number of carbonyl (C=O) groups excluding carboxylic acids is 1. The Kier molecular flexibility index (Phi) is 6.42. The molecule has 9 heteroatoms. The van der Waals surface area contributed by atoms with Gasteiger partial charge in [0.05, 0.1) is 13.2 Å². The molecule has 7 N–H and O–H groups in total. The summed E-state index contributed by atoms with van der Waals surface area (Å²) in [4.78, 5) is 15.2. The number of para-hydroxylation sites is 1. The fourth-order valence-electron chi connectivity index (χ4n) is 3.19. The van der Waals surface area contributed by atoms with Crippen LogP contribution in [0.3, 0.4) is 0 Å². The molecule has 1 fully saturated rings. The van der Waals surface area contributed by atoms with E-state index in [1.54, 1.807) is 0 Å². The van der Waals surface area contributed by atoms with Crippen molar-refractivity contribution in [1.29, 1.82) is 0 Å². The second-order valence-electron chi connectivity index (χ2n) is 6.60. The number of H-pyrrole nitrogens is 1. The van der Waals surface area contributed by atoms with E-state index in [0.29, 0.717) is 6.54 Å². The van der Waals surface area contributed by atoms with Crippen LogP contribution in [0.5, 0.6) is 0 Å². The molecule has 0 radical (unpaired) electrons. The maximum absolute atomic E-state index is 12.0. The predicted octanol–water partition coefficient (Wildman–Crippen LogP) is -1.78. The largest absolute Gasteiger partial charge is 0.394 e.